The SMILES string of the molecule is COC(=O)/C=C/Nc1cc(Cl)ccc1C. The molecular weight excluding hydrogens is 214 g/mol. The molecule has 0 saturated carbocycles. The summed E-state index contributed by atoms with van der Waals surface area (Å²) in [5.41, 5.74) is 1.91. The van der Waals surface area contributed by atoms with Gasteiger partial charge < -0.3 is 10.1 Å². The normalized spacial score (nSPS) is 10.3. The number of carbonyl (C=O) groups is 1. The maximum absolute atomic E-state index is 10.8. The fourth-order valence-corrected chi connectivity index (χ4v) is 1.19. The molecule has 1 rings (SSSR count). The monoisotopic (exact) mass is 225 g/mol. The maximum atomic E-state index is 10.8. The van der Waals surface area contributed by atoms with E-state index in [0.717, 1.165) is 11.3 Å². The van der Waals surface area contributed by atoms with E-state index in [1.165, 1.54) is 19.4 Å². The predicted octanol–water partition coefficient (Wildman–Crippen LogP) is 2.75. The van der Waals surface area contributed by atoms with E-state index in [9.17, 15) is 4.79 Å². The number of carbonyl (C=O) groups excluding carboxylic acids is 1. The Labute approximate surface area is 93.7 Å². The predicted molar refractivity (Wildman–Crippen MR) is 61.0 cm³/mol. The Hall–Kier alpha value is -1.48. The minimum absolute atomic E-state index is 0.401. The lowest BCUT2D eigenvalue weighted by atomic mass is 10.2. The van der Waals surface area contributed by atoms with Crippen molar-refractivity contribution in [2.24, 2.45) is 0 Å². The number of anilines is 1. The van der Waals surface area contributed by atoms with E-state index in [4.69, 9.17) is 11.6 Å². The Kier molecular flexibility index (Phi) is 4.18. The second kappa shape index (κ2) is 5.41. The first kappa shape index (κ1) is 11.6. The van der Waals surface area contributed by atoms with Crippen LogP contribution in [0.4, 0.5) is 5.69 Å². The van der Waals surface area contributed by atoms with Crippen molar-refractivity contribution >= 4 is 23.3 Å². The van der Waals surface area contributed by atoms with Crippen LogP contribution in [-0.4, -0.2) is 13.1 Å². The third-order valence-corrected chi connectivity index (χ3v) is 2.09. The number of hydrogen-bond acceptors (Lipinski definition) is 3. The summed E-state index contributed by atoms with van der Waals surface area (Å²) in [6, 6.07) is 5.50. The summed E-state index contributed by atoms with van der Waals surface area (Å²) >= 11 is 5.83. The zero-order valence-electron chi connectivity index (χ0n) is 8.58. The molecule has 0 aliphatic rings. The molecule has 1 aromatic carbocycles. The number of esters is 1. The van der Waals surface area contributed by atoms with Crippen LogP contribution in [0.3, 0.4) is 0 Å². The van der Waals surface area contributed by atoms with Gasteiger partial charge in [-0.05, 0) is 24.6 Å². The lowest BCUT2D eigenvalue weighted by Gasteiger charge is -2.05. The molecule has 0 amide bonds. The topological polar surface area (TPSA) is 38.3 Å². The van der Waals surface area contributed by atoms with Gasteiger partial charge in [-0.15, -0.1) is 0 Å². The molecule has 0 spiro atoms. The van der Waals surface area contributed by atoms with Crippen molar-refractivity contribution < 1.29 is 9.53 Å². The summed E-state index contributed by atoms with van der Waals surface area (Å²) < 4.78 is 4.45. The molecule has 0 heterocycles. The first-order chi connectivity index (χ1) is 7.13. The number of methoxy groups -OCH3 is 1. The van der Waals surface area contributed by atoms with Crippen LogP contribution in [0.15, 0.2) is 30.5 Å². The summed E-state index contributed by atoms with van der Waals surface area (Å²) in [7, 11) is 1.33. The van der Waals surface area contributed by atoms with Crippen LogP contribution in [0, 0.1) is 6.92 Å². The average Bonchev–Trinajstić information content (AvgIpc) is 2.23. The summed E-state index contributed by atoms with van der Waals surface area (Å²) in [4.78, 5) is 10.8. The standard InChI is InChI=1S/C11H12ClNO2/c1-8-3-4-9(12)7-10(8)13-6-5-11(14)15-2/h3-7,13H,1-2H3/b6-5+. The molecule has 0 atom stereocenters. The van der Waals surface area contributed by atoms with Crippen molar-refractivity contribution in [2.75, 3.05) is 12.4 Å². The highest BCUT2D eigenvalue weighted by atomic mass is 35.5. The van der Waals surface area contributed by atoms with Gasteiger partial charge in [-0.3, -0.25) is 0 Å². The number of nitrogens with one attached hydrogen (secondary N) is 1. The lowest BCUT2D eigenvalue weighted by molar-refractivity contribution is -0.134. The summed E-state index contributed by atoms with van der Waals surface area (Å²) in [5.74, 6) is -0.401. The summed E-state index contributed by atoms with van der Waals surface area (Å²) in [6.07, 6.45) is 2.82. The van der Waals surface area contributed by atoms with Crippen LogP contribution in [0.25, 0.3) is 0 Å². The van der Waals surface area contributed by atoms with E-state index in [2.05, 4.69) is 10.1 Å². The molecular formula is C11H12ClNO2. The van der Waals surface area contributed by atoms with Crippen LogP contribution >= 0.6 is 11.6 Å². The number of ether oxygens (including phenoxy) is 1. The van der Waals surface area contributed by atoms with Gasteiger partial charge in [0.1, 0.15) is 0 Å². The Morgan fingerprint density at radius 3 is 2.93 bits per heavy atom. The van der Waals surface area contributed by atoms with Crippen molar-refractivity contribution in [1.82, 2.24) is 0 Å². The second-order valence-corrected chi connectivity index (χ2v) is 3.40. The molecule has 0 radical (unpaired) electrons. The van der Waals surface area contributed by atoms with Crippen molar-refractivity contribution in [1.29, 1.82) is 0 Å². The van der Waals surface area contributed by atoms with Gasteiger partial charge in [0, 0.05) is 23.0 Å². The smallest absolute Gasteiger partial charge is 0.331 e. The molecule has 15 heavy (non-hydrogen) atoms. The first-order valence-corrected chi connectivity index (χ1v) is 4.78. The van der Waals surface area contributed by atoms with Crippen LogP contribution in [0.2, 0.25) is 5.02 Å². The minimum Gasteiger partial charge on any atom is -0.466 e. The zero-order chi connectivity index (χ0) is 11.3. The summed E-state index contributed by atoms with van der Waals surface area (Å²) in [6.45, 7) is 1.95. The van der Waals surface area contributed by atoms with Crippen molar-refractivity contribution in [3.8, 4) is 0 Å². The van der Waals surface area contributed by atoms with Gasteiger partial charge >= 0.3 is 5.97 Å². The van der Waals surface area contributed by atoms with Gasteiger partial charge in [0.25, 0.3) is 0 Å². The van der Waals surface area contributed by atoms with Crippen molar-refractivity contribution in [2.45, 2.75) is 6.92 Å². The molecule has 4 heteroatoms. The van der Waals surface area contributed by atoms with Crippen LogP contribution in [0.5, 0.6) is 0 Å². The van der Waals surface area contributed by atoms with Gasteiger partial charge in [-0.1, -0.05) is 17.7 Å². The molecule has 0 aliphatic heterocycles. The van der Waals surface area contributed by atoms with Gasteiger partial charge in [0.05, 0.1) is 7.11 Å². The third-order valence-electron chi connectivity index (χ3n) is 1.86. The largest absolute Gasteiger partial charge is 0.466 e. The van der Waals surface area contributed by atoms with Crippen LogP contribution < -0.4 is 5.32 Å². The Bertz CT molecular complexity index is 388. The molecule has 0 bridgehead atoms. The molecule has 80 valence electrons. The fourth-order valence-electron chi connectivity index (χ4n) is 1.02. The Balaban J connectivity index is 2.68. The second-order valence-electron chi connectivity index (χ2n) is 2.96. The van der Waals surface area contributed by atoms with Gasteiger partial charge in [-0.25, -0.2) is 4.79 Å². The van der Waals surface area contributed by atoms with E-state index >= 15 is 0 Å². The molecule has 1 aromatic rings. The highest BCUT2D eigenvalue weighted by Crippen LogP contribution is 2.19. The van der Waals surface area contributed by atoms with Crippen molar-refractivity contribution in [3.63, 3.8) is 0 Å². The zero-order valence-corrected chi connectivity index (χ0v) is 9.34. The maximum Gasteiger partial charge on any atom is 0.331 e. The molecule has 0 fully saturated rings. The minimum atomic E-state index is -0.401. The number of rotatable bonds is 3. The van der Waals surface area contributed by atoms with E-state index in [-0.39, 0.29) is 0 Å². The molecule has 0 aromatic heterocycles. The molecule has 0 aliphatic carbocycles. The third kappa shape index (κ3) is 3.64. The van der Waals surface area contributed by atoms with Gasteiger partial charge in [0.15, 0.2) is 0 Å². The van der Waals surface area contributed by atoms with Crippen LogP contribution in [0.1, 0.15) is 5.56 Å². The highest BCUT2D eigenvalue weighted by Gasteiger charge is 1.97. The Morgan fingerprint density at radius 1 is 1.53 bits per heavy atom. The van der Waals surface area contributed by atoms with E-state index in [1.54, 1.807) is 6.07 Å². The van der Waals surface area contributed by atoms with Crippen molar-refractivity contribution in [3.05, 3.63) is 41.1 Å². The molecule has 0 saturated heterocycles. The fraction of sp³-hybridized carbons (Fsp3) is 0.182. The molecule has 3 nitrogen and oxygen atoms in total. The van der Waals surface area contributed by atoms with E-state index in [0.29, 0.717) is 5.02 Å². The van der Waals surface area contributed by atoms with Crippen LogP contribution in [-0.2, 0) is 9.53 Å². The highest BCUT2D eigenvalue weighted by molar-refractivity contribution is 6.30. The molecule has 0 unspecified atom stereocenters. The summed E-state index contributed by atoms with van der Waals surface area (Å²) in [5, 5.41) is 3.60. The van der Waals surface area contributed by atoms with E-state index < -0.39 is 5.97 Å². The number of halogens is 1. The Morgan fingerprint density at radius 2 is 2.27 bits per heavy atom. The van der Waals surface area contributed by atoms with E-state index in [1.807, 2.05) is 19.1 Å². The number of benzene rings is 1. The first-order valence-electron chi connectivity index (χ1n) is 4.40. The van der Waals surface area contributed by atoms with Gasteiger partial charge in [-0.2, -0.15) is 0 Å². The lowest BCUT2D eigenvalue weighted by Crippen LogP contribution is -1.97. The number of hydrogen-bond donors (Lipinski definition) is 1. The average molecular weight is 226 g/mol. The number of aryl methyl sites for hydroxylation is 1. The quantitative estimate of drug-likeness (QED) is 0.635. The molecule has 1 N–H and O–H groups in total. The van der Waals surface area contributed by atoms with Gasteiger partial charge in [0.2, 0.25) is 0 Å².